The van der Waals surface area contributed by atoms with Crippen LogP contribution in [0.25, 0.3) is 0 Å². The number of rotatable bonds is 6. The monoisotopic (exact) mass is 284 g/mol. The summed E-state index contributed by atoms with van der Waals surface area (Å²) in [6.07, 6.45) is 1.14. The molecule has 4 nitrogen and oxygen atoms in total. The van der Waals surface area contributed by atoms with Gasteiger partial charge in [-0.15, -0.1) is 0 Å². The van der Waals surface area contributed by atoms with Crippen LogP contribution in [0.2, 0.25) is 0 Å². The van der Waals surface area contributed by atoms with Crippen molar-refractivity contribution in [3.8, 4) is 0 Å². The normalized spacial score (nSPS) is 18.0. The molecule has 2 heterocycles. The number of furan rings is 1. The molecule has 0 aliphatic carbocycles. The molecular weight excluding hydrogens is 260 g/mol. The number of nitrogens with zero attached hydrogens (tertiary/aromatic N) is 1. The van der Waals surface area contributed by atoms with Crippen molar-refractivity contribution < 1.29 is 8.63 Å². The lowest BCUT2D eigenvalue weighted by atomic mass is 10.2. The van der Waals surface area contributed by atoms with Gasteiger partial charge in [0.1, 0.15) is 11.5 Å². The molecule has 2 rings (SSSR count). The maximum absolute atomic E-state index is 11.3. The molecule has 0 radical (unpaired) electrons. The lowest BCUT2D eigenvalue weighted by Gasteiger charge is -2.24. The maximum atomic E-state index is 11.3. The predicted molar refractivity (Wildman–Crippen MR) is 78.6 cm³/mol. The van der Waals surface area contributed by atoms with Crippen molar-refractivity contribution in [2.45, 2.75) is 33.4 Å². The molecule has 0 unspecified atom stereocenters. The fourth-order valence-corrected chi connectivity index (χ4v) is 3.40. The van der Waals surface area contributed by atoms with Gasteiger partial charge in [0.2, 0.25) is 0 Å². The predicted octanol–water partition coefficient (Wildman–Crippen LogP) is 1.65. The molecule has 5 heteroatoms. The summed E-state index contributed by atoms with van der Waals surface area (Å²) in [5.74, 6) is 3.66. The van der Waals surface area contributed by atoms with Gasteiger partial charge in [-0.3, -0.25) is 9.11 Å². The first-order valence-corrected chi connectivity index (χ1v) is 8.54. The van der Waals surface area contributed by atoms with Crippen LogP contribution in [0.3, 0.4) is 0 Å². The highest BCUT2D eigenvalue weighted by Gasteiger charge is 2.17. The van der Waals surface area contributed by atoms with Crippen LogP contribution in [-0.2, 0) is 23.9 Å². The second-order valence-corrected chi connectivity index (χ2v) is 6.82. The van der Waals surface area contributed by atoms with Crippen LogP contribution in [0.1, 0.15) is 30.4 Å². The number of hydrogen-bond acceptors (Lipinski definition) is 4. The molecule has 1 aliphatic rings. The van der Waals surface area contributed by atoms with Crippen molar-refractivity contribution in [1.29, 1.82) is 0 Å². The highest BCUT2D eigenvalue weighted by Crippen LogP contribution is 2.17. The van der Waals surface area contributed by atoms with Crippen LogP contribution >= 0.6 is 0 Å². The molecule has 0 bridgehead atoms. The minimum Gasteiger partial charge on any atom is -0.463 e. The topological polar surface area (TPSA) is 45.5 Å². The molecule has 0 saturated carbocycles. The van der Waals surface area contributed by atoms with Gasteiger partial charge < -0.3 is 9.73 Å². The SMILES string of the molecule is CCCNCc1oc(CN2CCS(=O)CC2)cc1C. The molecule has 1 aliphatic heterocycles. The molecular formula is C14H24N2O2S. The minimum absolute atomic E-state index is 0.606. The largest absolute Gasteiger partial charge is 0.463 e. The molecule has 0 atom stereocenters. The fraction of sp³-hybridized carbons (Fsp3) is 0.714. The third-order valence-corrected chi connectivity index (χ3v) is 4.71. The van der Waals surface area contributed by atoms with Crippen LogP contribution in [0.4, 0.5) is 0 Å². The van der Waals surface area contributed by atoms with Crippen LogP contribution in [0, 0.1) is 6.92 Å². The smallest absolute Gasteiger partial charge is 0.120 e. The molecule has 19 heavy (non-hydrogen) atoms. The molecule has 1 fully saturated rings. The van der Waals surface area contributed by atoms with Crippen molar-refractivity contribution in [3.63, 3.8) is 0 Å². The summed E-state index contributed by atoms with van der Waals surface area (Å²) in [5.41, 5.74) is 1.22. The van der Waals surface area contributed by atoms with Gasteiger partial charge in [0.25, 0.3) is 0 Å². The van der Waals surface area contributed by atoms with Gasteiger partial charge in [-0.25, -0.2) is 0 Å². The zero-order valence-electron chi connectivity index (χ0n) is 11.9. The van der Waals surface area contributed by atoms with E-state index >= 15 is 0 Å². The Balaban J connectivity index is 1.87. The first-order valence-electron chi connectivity index (χ1n) is 7.05. The van der Waals surface area contributed by atoms with E-state index in [1.54, 1.807) is 0 Å². The second kappa shape index (κ2) is 7.22. The van der Waals surface area contributed by atoms with E-state index < -0.39 is 10.8 Å². The summed E-state index contributed by atoms with van der Waals surface area (Å²) in [7, 11) is -0.606. The maximum Gasteiger partial charge on any atom is 0.120 e. The zero-order valence-corrected chi connectivity index (χ0v) is 12.7. The average Bonchev–Trinajstić information content (AvgIpc) is 2.73. The van der Waals surface area contributed by atoms with Crippen LogP contribution in [0.15, 0.2) is 10.5 Å². The lowest BCUT2D eigenvalue weighted by Crippen LogP contribution is -2.37. The summed E-state index contributed by atoms with van der Waals surface area (Å²) in [4.78, 5) is 2.32. The first-order chi connectivity index (χ1) is 9.19. The van der Waals surface area contributed by atoms with Gasteiger partial charge in [0.05, 0.1) is 13.1 Å². The van der Waals surface area contributed by atoms with Gasteiger partial charge in [-0.05, 0) is 31.5 Å². The number of hydrogen-bond donors (Lipinski definition) is 1. The van der Waals surface area contributed by atoms with Gasteiger partial charge >= 0.3 is 0 Å². The van der Waals surface area contributed by atoms with E-state index in [0.29, 0.717) is 0 Å². The Labute approximate surface area is 118 Å². The Morgan fingerprint density at radius 1 is 1.42 bits per heavy atom. The Morgan fingerprint density at radius 3 is 2.84 bits per heavy atom. The van der Waals surface area contributed by atoms with Crippen molar-refractivity contribution in [1.82, 2.24) is 10.2 Å². The Hall–Kier alpha value is -0.650. The molecule has 1 N–H and O–H groups in total. The first kappa shape index (κ1) is 14.8. The third kappa shape index (κ3) is 4.44. The molecule has 1 aromatic rings. The lowest BCUT2D eigenvalue weighted by molar-refractivity contribution is 0.261. The van der Waals surface area contributed by atoms with Gasteiger partial charge in [-0.1, -0.05) is 6.92 Å². The van der Waals surface area contributed by atoms with E-state index in [4.69, 9.17) is 4.42 Å². The number of aryl methyl sites for hydroxylation is 1. The molecule has 1 saturated heterocycles. The van der Waals surface area contributed by atoms with E-state index in [-0.39, 0.29) is 0 Å². The molecule has 1 aromatic heterocycles. The summed E-state index contributed by atoms with van der Waals surface area (Å²) in [5, 5.41) is 3.37. The zero-order chi connectivity index (χ0) is 13.7. The fourth-order valence-electron chi connectivity index (χ4n) is 2.28. The van der Waals surface area contributed by atoms with E-state index in [9.17, 15) is 4.21 Å². The van der Waals surface area contributed by atoms with Crippen LogP contribution in [0.5, 0.6) is 0 Å². The van der Waals surface area contributed by atoms with E-state index in [0.717, 1.165) is 62.2 Å². The second-order valence-electron chi connectivity index (χ2n) is 5.12. The minimum atomic E-state index is -0.606. The van der Waals surface area contributed by atoms with E-state index in [1.807, 2.05) is 0 Å². The Kier molecular flexibility index (Phi) is 5.60. The van der Waals surface area contributed by atoms with Crippen molar-refractivity contribution in [2.75, 3.05) is 31.1 Å². The standard InChI is InChI=1S/C14H24N2O2S/c1-3-4-15-10-14-12(2)9-13(18-14)11-16-5-7-19(17)8-6-16/h9,15H,3-8,10-11H2,1-2H3. The van der Waals surface area contributed by atoms with Gasteiger partial charge in [-0.2, -0.15) is 0 Å². The molecule has 0 spiro atoms. The van der Waals surface area contributed by atoms with Crippen molar-refractivity contribution >= 4 is 10.8 Å². The summed E-state index contributed by atoms with van der Waals surface area (Å²) < 4.78 is 17.2. The Morgan fingerprint density at radius 2 is 2.16 bits per heavy atom. The highest BCUT2D eigenvalue weighted by atomic mass is 32.2. The van der Waals surface area contributed by atoms with E-state index in [1.165, 1.54) is 5.56 Å². The third-order valence-electron chi connectivity index (χ3n) is 3.43. The summed E-state index contributed by atoms with van der Waals surface area (Å²) in [6.45, 7) is 8.75. The quantitative estimate of drug-likeness (QED) is 0.807. The van der Waals surface area contributed by atoms with Gasteiger partial charge in [0, 0.05) is 35.4 Å². The molecule has 108 valence electrons. The summed E-state index contributed by atoms with van der Waals surface area (Å²) in [6, 6.07) is 2.13. The van der Waals surface area contributed by atoms with Crippen LogP contribution < -0.4 is 5.32 Å². The van der Waals surface area contributed by atoms with E-state index in [2.05, 4.69) is 30.1 Å². The Bertz CT molecular complexity index is 421. The number of nitrogens with one attached hydrogen (secondary N) is 1. The summed E-state index contributed by atoms with van der Waals surface area (Å²) >= 11 is 0. The van der Waals surface area contributed by atoms with Crippen LogP contribution in [-0.4, -0.2) is 40.2 Å². The van der Waals surface area contributed by atoms with Gasteiger partial charge in [0.15, 0.2) is 0 Å². The molecule has 0 aromatic carbocycles. The average molecular weight is 284 g/mol. The van der Waals surface area contributed by atoms with Crippen molar-refractivity contribution in [3.05, 3.63) is 23.2 Å². The van der Waals surface area contributed by atoms with Crippen molar-refractivity contribution in [2.24, 2.45) is 0 Å². The highest BCUT2D eigenvalue weighted by molar-refractivity contribution is 7.85. The molecule has 0 amide bonds.